The van der Waals surface area contributed by atoms with Gasteiger partial charge in [0.05, 0.1) is 23.4 Å². The minimum absolute atomic E-state index is 0.00162. The van der Waals surface area contributed by atoms with Gasteiger partial charge < -0.3 is 4.90 Å². The molecule has 1 aliphatic heterocycles. The average molecular weight is 409 g/mol. The van der Waals surface area contributed by atoms with E-state index in [0.29, 0.717) is 32.6 Å². The van der Waals surface area contributed by atoms with E-state index in [4.69, 9.17) is 0 Å². The Morgan fingerprint density at radius 1 is 1.26 bits per heavy atom. The summed E-state index contributed by atoms with van der Waals surface area (Å²) >= 11 is 1.53. The van der Waals surface area contributed by atoms with Crippen LogP contribution in [0.15, 0.2) is 29.8 Å². The lowest BCUT2D eigenvalue weighted by atomic mass is 10.0. The molecule has 3 rings (SSSR count). The highest BCUT2D eigenvalue weighted by Crippen LogP contribution is 2.18. The van der Waals surface area contributed by atoms with Gasteiger partial charge in [0, 0.05) is 43.4 Å². The number of hydrogen-bond donors (Lipinski definition) is 0. The molecular weight excluding hydrogens is 384 g/mol. The second-order valence-corrected chi connectivity index (χ2v) is 9.93. The van der Waals surface area contributed by atoms with Gasteiger partial charge in [0.15, 0.2) is 0 Å². The van der Waals surface area contributed by atoms with Crippen LogP contribution in [0.5, 0.6) is 0 Å². The highest BCUT2D eigenvalue weighted by atomic mass is 32.2. The first-order valence-corrected chi connectivity index (χ1v) is 11.6. The van der Waals surface area contributed by atoms with Crippen LogP contribution in [0.3, 0.4) is 0 Å². The van der Waals surface area contributed by atoms with Crippen molar-refractivity contribution < 1.29 is 13.2 Å². The van der Waals surface area contributed by atoms with E-state index >= 15 is 0 Å². The van der Waals surface area contributed by atoms with Crippen LogP contribution in [0.25, 0.3) is 0 Å². The Morgan fingerprint density at radius 3 is 2.70 bits per heavy atom. The third-order valence-electron chi connectivity index (χ3n) is 4.60. The van der Waals surface area contributed by atoms with E-state index in [2.05, 4.69) is 9.97 Å². The Labute approximate surface area is 164 Å². The van der Waals surface area contributed by atoms with Gasteiger partial charge in [0.2, 0.25) is 15.9 Å². The number of thiazole rings is 1. The van der Waals surface area contributed by atoms with E-state index in [0.717, 1.165) is 16.4 Å². The molecule has 0 spiro atoms. The van der Waals surface area contributed by atoms with Gasteiger partial charge in [-0.3, -0.25) is 9.78 Å². The van der Waals surface area contributed by atoms with Crippen LogP contribution < -0.4 is 0 Å². The van der Waals surface area contributed by atoms with E-state index in [-0.39, 0.29) is 18.2 Å². The van der Waals surface area contributed by atoms with Crippen LogP contribution >= 0.6 is 11.3 Å². The standard InChI is InChI=1S/C18H24N4O3S2/c1-14-20-17(13-26-14)10-18(23)21-7-8-22(27(2,24)25)12-15(11-21)9-16-5-3-4-6-19-16/h3-6,13,15H,7-12H2,1-2H3. The lowest BCUT2D eigenvalue weighted by Gasteiger charge is -2.24. The second-order valence-electron chi connectivity index (χ2n) is 6.89. The van der Waals surface area contributed by atoms with Crippen molar-refractivity contribution in [3.63, 3.8) is 0 Å². The summed E-state index contributed by atoms with van der Waals surface area (Å²) < 4.78 is 25.7. The topological polar surface area (TPSA) is 83.5 Å². The molecule has 1 fully saturated rings. The number of rotatable bonds is 5. The van der Waals surface area contributed by atoms with Gasteiger partial charge in [-0.1, -0.05) is 6.07 Å². The molecule has 0 aromatic carbocycles. The molecule has 0 aliphatic carbocycles. The SMILES string of the molecule is Cc1nc(CC(=O)N2CCN(S(C)(=O)=O)CC(Cc3ccccn3)C2)cs1. The number of carbonyl (C=O) groups is 1. The van der Waals surface area contributed by atoms with Gasteiger partial charge in [-0.05, 0) is 31.4 Å². The minimum atomic E-state index is -3.31. The van der Waals surface area contributed by atoms with Crippen LogP contribution in [-0.4, -0.2) is 65.9 Å². The molecule has 1 aliphatic rings. The zero-order chi connectivity index (χ0) is 19.4. The van der Waals surface area contributed by atoms with Crippen LogP contribution in [0.4, 0.5) is 0 Å². The summed E-state index contributed by atoms with van der Waals surface area (Å²) in [5.41, 5.74) is 1.67. The Bertz CT molecular complexity index is 883. The molecule has 0 saturated carbocycles. The lowest BCUT2D eigenvalue weighted by Crippen LogP contribution is -2.37. The molecule has 2 aromatic heterocycles. The summed E-state index contributed by atoms with van der Waals surface area (Å²) in [6, 6.07) is 5.70. The quantitative estimate of drug-likeness (QED) is 0.746. The molecule has 3 heterocycles. The van der Waals surface area contributed by atoms with Gasteiger partial charge in [0.25, 0.3) is 0 Å². The van der Waals surface area contributed by atoms with Crippen LogP contribution in [0.2, 0.25) is 0 Å². The molecule has 0 radical (unpaired) electrons. The first-order valence-electron chi connectivity index (χ1n) is 8.85. The molecule has 1 unspecified atom stereocenters. The van der Waals surface area contributed by atoms with E-state index in [1.54, 1.807) is 11.1 Å². The number of amides is 1. The minimum Gasteiger partial charge on any atom is -0.341 e. The second kappa shape index (κ2) is 8.45. The maximum Gasteiger partial charge on any atom is 0.228 e. The number of aromatic nitrogens is 2. The van der Waals surface area contributed by atoms with Gasteiger partial charge in [0.1, 0.15) is 0 Å². The molecule has 7 nitrogen and oxygen atoms in total. The van der Waals surface area contributed by atoms with Gasteiger partial charge >= 0.3 is 0 Å². The van der Waals surface area contributed by atoms with Gasteiger partial charge in [-0.2, -0.15) is 0 Å². The van der Waals surface area contributed by atoms with Crippen molar-refractivity contribution >= 4 is 27.3 Å². The first-order chi connectivity index (χ1) is 12.8. The van der Waals surface area contributed by atoms with Crippen molar-refractivity contribution in [1.82, 2.24) is 19.2 Å². The summed E-state index contributed by atoms with van der Waals surface area (Å²) in [5, 5.41) is 2.84. The molecule has 9 heteroatoms. The molecule has 1 saturated heterocycles. The lowest BCUT2D eigenvalue weighted by molar-refractivity contribution is -0.130. The Morgan fingerprint density at radius 2 is 2.07 bits per heavy atom. The summed E-state index contributed by atoms with van der Waals surface area (Å²) in [6.07, 6.45) is 3.83. The van der Waals surface area contributed by atoms with Crippen molar-refractivity contribution in [2.45, 2.75) is 19.8 Å². The summed E-state index contributed by atoms with van der Waals surface area (Å²) in [5.74, 6) is -0.0140. The Hall–Kier alpha value is -1.84. The summed E-state index contributed by atoms with van der Waals surface area (Å²) in [6.45, 7) is 3.55. The molecule has 1 atom stereocenters. The Balaban J connectivity index is 1.75. The van der Waals surface area contributed by atoms with Gasteiger partial charge in [-0.25, -0.2) is 17.7 Å². The molecule has 0 N–H and O–H groups in total. The maximum absolute atomic E-state index is 12.8. The molecular formula is C18H24N4O3S2. The Kier molecular flexibility index (Phi) is 6.23. The van der Waals surface area contributed by atoms with E-state index in [1.807, 2.05) is 30.5 Å². The largest absolute Gasteiger partial charge is 0.341 e. The zero-order valence-electron chi connectivity index (χ0n) is 15.5. The monoisotopic (exact) mass is 408 g/mol. The fraction of sp³-hybridized carbons (Fsp3) is 0.500. The van der Waals surface area contributed by atoms with Gasteiger partial charge in [-0.15, -0.1) is 11.3 Å². The van der Waals surface area contributed by atoms with Crippen molar-refractivity contribution in [3.8, 4) is 0 Å². The van der Waals surface area contributed by atoms with Crippen molar-refractivity contribution in [2.24, 2.45) is 5.92 Å². The normalized spacial score (nSPS) is 19.0. The van der Waals surface area contributed by atoms with Crippen molar-refractivity contribution in [1.29, 1.82) is 0 Å². The van der Waals surface area contributed by atoms with E-state index in [1.165, 1.54) is 21.9 Å². The highest BCUT2D eigenvalue weighted by molar-refractivity contribution is 7.88. The number of nitrogens with zero attached hydrogens (tertiary/aromatic N) is 4. The fourth-order valence-corrected chi connectivity index (χ4v) is 4.81. The predicted octanol–water partition coefficient (Wildman–Crippen LogP) is 1.35. The molecule has 27 heavy (non-hydrogen) atoms. The molecule has 2 aromatic rings. The number of carbonyl (C=O) groups excluding carboxylic acids is 1. The highest BCUT2D eigenvalue weighted by Gasteiger charge is 2.30. The number of sulfonamides is 1. The summed E-state index contributed by atoms with van der Waals surface area (Å²) in [7, 11) is -3.31. The third kappa shape index (κ3) is 5.57. The first kappa shape index (κ1) is 19.9. The van der Waals surface area contributed by atoms with E-state index < -0.39 is 10.0 Å². The zero-order valence-corrected chi connectivity index (χ0v) is 17.2. The predicted molar refractivity (Wildman–Crippen MR) is 105 cm³/mol. The smallest absolute Gasteiger partial charge is 0.228 e. The van der Waals surface area contributed by atoms with Crippen molar-refractivity contribution in [3.05, 3.63) is 46.2 Å². The maximum atomic E-state index is 12.8. The van der Waals surface area contributed by atoms with Crippen LogP contribution in [-0.2, 0) is 27.7 Å². The molecule has 146 valence electrons. The summed E-state index contributed by atoms with van der Waals surface area (Å²) in [4.78, 5) is 23.3. The number of pyridine rings is 1. The van der Waals surface area contributed by atoms with Crippen LogP contribution in [0.1, 0.15) is 16.4 Å². The van der Waals surface area contributed by atoms with Crippen LogP contribution in [0, 0.1) is 12.8 Å². The van der Waals surface area contributed by atoms with Crippen molar-refractivity contribution in [2.75, 3.05) is 32.4 Å². The number of aryl methyl sites for hydroxylation is 1. The fourth-order valence-electron chi connectivity index (χ4n) is 3.30. The molecule has 1 amide bonds. The number of hydrogen-bond acceptors (Lipinski definition) is 6. The third-order valence-corrected chi connectivity index (χ3v) is 6.70. The van der Waals surface area contributed by atoms with E-state index in [9.17, 15) is 13.2 Å². The average Bonchev–Trinajstić information content (AvgIpc) is 2.89. The molecule has 0 bridgehead atoms.